The van der Waals surface area contributed by atoms with Gasteiger partial charge in [0.1, 0.15) is 0 Å². The van der Waals surface area contributed by atoms with E-state index in [1.807, 2.05) is 0 Å². The summed E-state index contributed by atoms with van der Waals surface area (Å²) in [5.74, 6) is -7.93. The molecular formula is C7H12F4NaO+. The summed E-state index contributed by atoms with van der Waals surface area (Å²) in [5, 5.41) is 8.23. The van der Waals surface area contributed by atoms with Gasteiger partial charge in [-0.1, -0.05) is 0 Å². The van der Waals surface area contributed by atoms with Gasteiger partial charge in [-0.2, -0.15) is 8.78 Å². The van der Waals surface area contributed by atoms with E-state index in [-0.39, 0.29) is 55.9 Å². The fourth-order valence-corrected chi connectivity index (χ4v) is 0.678. The molecule has 0 saturated carbocycles. The summed E-state index contributed by atoms with van der Waals surface area (Å²) in [6.07, 6.45) is -0.838. The Hall–Kier alpha value is 0.680. The quantitative estimate of drug-likeness (QED) is 0.367. The Kier molecular flexibility index (Phi) is 7.71. The number of aliphatic hydroxyl groups excluding tert-OH is 1. The number of unbranched alkanes of at least 4 members (excludes halogenated alkanes) is 1. The summed E-state index contributed by atoms with van der Waals surface area (Å²) >= 11 is 0. The molecule has 0 aliphatic rings. The second-order valence-corrected chi connectivity index (χ2v) is 2.77. The van der Waals surface area contributed by atoms with Crippen molar-refractivity contribution in [1.29, 1.82) is 0 Å². The molecule has 0 unspecified atom stereocenters. The Morgan fingerprint density at radius 2 is 1.54 bits per heavy atom. The van der Waals surface area contributed by atoms with Crippen LogP contribution in [-0.4, -0.2) is 23.6 Å². The van der Waals surface area contributed by atoms with E-state index in [0.29, 0.717) is 0 Å². The molecule has 0 radical (unpaired) electrons. The van der Waals surface area contributed by atoms with Gasteiger partial charge in [-0.05, 0) is 12.8 Å². The van der Waals surface area contributed by atoms with Gasteiger partial charge < -0.3 is 5.11 Å². The van der Waals surface area contributed by atoms with Crippen molar-refractivity contribution in [3.8, 4) is 0 Å². The first-order valence-electron chi connectivity index (χ1n) is 3.68. The Morgan fingerprint density at radius 3 is 1.85 bits per heavy atom. The molecule has 13 heavy (non-hydrogen) atoms. The van der Waals surface area contributed by atoms with E-state index in [9.17, 15) is 17.6 Å². The molecule has 1 nitrogen and oxygen atoms in total. The Bertz CT molecular complexity index is 135. The monoisotopic (exact) mass is 211 g/mol. The van der Waals surface area contributed by atoms with Crippen molar-refractivity contribution in [2.24, 2.45) is 0 Å². The van der Waals surface area contributed by atoms with Gasteiger partial charge in [-0.25, -0.2) is 8.78 Å². The van der Waals surface area contributed by atoms with E-state index in [1.54, 1.807) is 0 Å². The van der Waals surface area contributed by atoms with Crippen molar-refractivity contribution in [3.63, 3.8) is 0 Å². The molecular weight excluding hydrogens is 199 g/mol. The zero-order chi connectivity index (χ0) is 9.83. The fourth-order valence-electron chi connectivity index (χ4n) is 0.678. The molecule has 0 fully saturated rings. The van der Waals surface area contributed by atoms with Crippen molar-refractivity contribution in [2.75, 3.05) is 6.61 Å². The van der Waals surface area contributed by atoms with Crippen LogP contribution in [0.2, 0.25) is 0 Å². The molecule has 0 saturated heterocycles. The van der Waals surface area contributed by atoms with E-state index >= 15 is 0 Å². The van der Waals surface area contributed by atoms with Crippen LogP contribution in [0.25, 0.3) is 0 Å². The fraction of sp³-hybridized carbons (Fsp3) is 1.00. The Balaban J connectivity index is 0. The molecule has 0 heterocycles. The SMILES string of the molecule is CC(F)(F)C(F)(F)CCCCO.[Na+]. The molecule has 0 spiro atoms. The largest absolute Gasteiger partial charge is 1.00 e. The molecule has 1 N–H and O–H groups in total. The first-order chi connectivity index (χ1) is 5.31. The van der Waals surface area contributed by atoms with Crippen LogP contribution >= 0.6 is 0 Å². The minimum Gasteiger partial charge on any atom is -0.396 e. The van der Waals surface area contributed by atoms with Gasteiger partial charge in [0.2, 0.25) is 0 Å². The smallest absolute Gasteiger partial charge is 0.396 e. The number of hydrogen-bond acceptors (Lipinski definition) is 1. The second kappa shape index (κ2) is 6.22. The van der Waals surface area contributed by atoms with E-state index in [0.717, 1.165) is 0 Å². The first kappa shape index (κ1) is 16.1. The summed E-state index contributed by atoms with van der Waals surface area (Å²) in [7, 11) is 0. The van der Waals surface area contributed by atoms with E-state index in [2.05, 4.69) is 0 Å². The van der Waals surface area contributed by atoms with Gasteiger partial charge in [0.25, 0.3) is 0 Å². The molecule has 0 atom stereocenters. The average molecular weight is 211 g/mol. The molecule has 74 valence electrons. The van der Waals surface area contributed by atoms with Crippen LogP contribution in [0.1, 0.15) is 26.2 Å². The van der Waals surface area contributed by atoms with E-state index in [1.165, 1.54) is 0 Å². The van der Waals surface area contributed by atoms with Gasteiger partial charge in [0.15, 0.2) is 0 Å². The maximum atomic E-state index is 12.4. The molecule has 0 aliphatic carbocycles. The van der Waals surface area contributed by atoms with E-state index < -0.39 is 18.3 Å². The molecule has 0 aliphatic heterocycles. The maximum absolute atomic E-state index is 12.4. The predicted octanol–water partition coefficient (Wildman–Crippen LogP) is -0.556. The van der Waals surface area contributed by atoms with Crippen LogP contribution in [0, 0.1) is 0 Å². The molecule has 6 heteroatoms. The molecule has 0 aromatic rings. The summed E-state index contributed by atoms with van der Waals surface area (Å²) in [4.78, 5) is 0. The van der Waals surface area contributed by atoms with Crippen LogP contribution in [0.3, 0.4) is 0 Å². The second-order valence-electron chi connectivity index (χ2n) is 2.77. The average Bonchev–Trinajstić information content (AvgIpc) is 1.85. The van der Waals surface area contributed by atoms with Crippen molar-refractivity contribution in [1.82, 2.24) is 0 Å². The van der Waals surface area contributed by atoms with Gasteiger partial charge in [0.05, 0.1) is 0 Å². The van der Waals surface area contributed by atoms with Crippen LogP contribution in [-0.2, 0) is 0 Å². The Labute approximate surface area is 96.8 Å². The zero-order valence-corrected chi connectivity index (χ0v) is 9.79. The van der Waals surface area contributed by atoms with Crippen LogP contribution in [0.5, 0.6) is 0 Å². The van der Waals surface area contributed by atoms with Gasteiger partial charge in [-0.3, -0.25) is 0 Å². The van der Waals surface area contributed by atoms with Gasteiger partial charge in [-0.15, -0.1) is 0 Å². The van der Waals surface area contributed by atoms with Gasteiger partial charge in [0, 0.05) is 20.0 Å². The minimum atomic E-state index is -3.97. The number of alkyl halides is 4. The third kappa shape index (κ3) is 5.88. The minimum absolute atomic E-state index is 0. The third-order valence-electron chi connectivity index (χ3n) is 1.54. The molecule has 0 bridgehead atoms. The summed E-state index contributed by atoms with van der Waals surface area (Å²) in [5.41, 5.74) is 0. The summed E-state index contributed by atoms with van der Waals surface area (Å²) < 4.78 is 49.1. The molecule has 0 aromatic heterocycles. The van der Waals surface area contributed by atoms with E-state index in [4.69, 9.17) is 5.11 Å². The Morgan fingerprint density at radius 1 is 1.08 bits per heavy atom. The van der Waals surface area contributed by atoms with Crippen molar-refractivity contribution >= 4 is 0 Å². The molecule has 0 aromatic carbocycles. The number of aliphatic hydroxyl groups is 1. The predicted molar refractivity (Wildman–Crippen MR) is 36.5 cm³/mol. The number of hydrogen-bond donors (Lipinski definition) is 1. The third-order valence-corrected chi connectivity index (χ3v) is 1.54. The molecule has 0 amide bonds. The zero-order valence-electron chi connectivity index (χ0n) is 7.79. The molecule has 0 rings (SSSR count). The van der Waals surface area contributed by atoms with Gasteiger partial charge >= 0.3 is 41.4 Å². The first-order valence-corrected chi connectivity index (χ1v) is 3.68. The normalized spacial score (nSPS) is 12.5. The summed E-state index contributed by atoms with van der Waals surface area (Å²) in [6, 6.07) is 0. The number of rotatable bonds is 5. The topological polar surface area (TPSA) is 20.2 Å². The standard InChI is InChI=1S/C7H12F4O.Na/c1-6(8,9)7(10,11)4-2-3-5-12;/h12H,2-5H2,1H3;/q;+1. The van der Waals surface area contributed by atoms with Crippen molar-refractivity contribution < 1.29 is 52.2 Å². The van der Waals surface area contributed by atoms with Crippen LogP contribution < -0.4 is 29.6 Å². The van der Waals surface area contributed by atoms with Crippen LogP contribution in [0.4, 0.5) is 17.6 Å². The van der Waals surface area contributed by atoms with Crippen LogP contribution in [0.15, 0.2) is 0 Å². The summed E-state index contributed by atoms with van der Waals surface area (Å²) in [6.45, 7) is -0.0443. The van der Waals surface area contributed by atoms with Crippen molar-refractivity contribution in [2.45, 2.75) is 38.0 Å². The maximum Gasteiger partial charge on any atom is 1.00 e. The number of halogens is 4. The van der Waals surface area contributed by atoms with Crippen molar-refractivity contribution in [3.05, 3.63) is 0 Å².